The first-order valence-electron chi connectivity index (χ1n) is 4.73. The molecule has 1 aliphatic rings. The third-order valence-electron chi connectivity index (χ3n) is 0.761. The van der Waals surface area contributed by atoms with E-state index in [0.29, 0.717) is 0 Å². The third-order valence-corrected chi connectivity index (χ3v) is 0.761. The highest BCUT2D eigenvalue weighted by molar-refractivity contribution is 5.92. The molecule has 1 rings (SSSR count). The molecule has 0 aromatic carbocycles. The summed E-state index contributed by atoms with van der Waals surface area (Å²) in [5, 5.41) is 0. The maximum atomic E-state index is 10.0. The van der Waals surface area contributed by atoms with Crippen molar-refractivity contribution >= 4 is 11.9 Å². The molecule has 86 valence electrons. The number of hydrogen-bond donors (Lipinski definition) is 0. The van der Waals surface area contributed by atoms with E-state index in [1.165, 1.54) is 11.1 Å². The minimum Gasteiger partial charge on any atom is -0.393 e. The fraction of sp³-hybridized carbons (Fsp3) is 0.500. The predicted octanol–water partition coefficient (Wildman–Crippen LogP) is 3.01. The van der Waals surface area contributed by atoms with Crippen LogP contribution in [0, 0.1) is 0 Å². The van der Waals surface area contributed by atoms with Gasteiger partial charge >= 0.3 is 11.9 Å². The van der Waals surface area contributed by atoms with Gasteiger partial charge in [-0.25, -0.2) is 0 Å². The van der Waals surface area contributed by atoms with E-state index in [4.69, 9.17) is 0 Å². The van der Waals surface area contributed by atoms with Crippen LogP contribution in [0.2, 0.25) is 0 Å². The lowest BCUT2D eigenvalue weighted by molar-refractivity contribution is -0.151. The lowest BCUT2D eigenvalue weighted by atomic mass is 10.4. The van der Waals surface area contributed by atoms with Crippen LogP contribution < -0.4 is 0 Å². The molecule has 3 heteroatoms. The van der Waals surface area contributed by atoms with Gasteiger partial charge in [0, 0.05) is 0 Å². The Labute approximate surface area is 91.8 Å². The van der Waals surface area contributed by atoms with Crippen molar-refractivity contribution in [3.63, 3.8) is 0 Å². The molecule has 0 aromatic rings. The van der Waals surface area contributed by atoms with E-state index in [1.807, 2.05) is 27.7 Å². The van der Waals surface area contributed by atoms with Crippen molar-refractivity contribution in [1.29, 1.82) is 0 Å². The van der Waals surface area contributed by atoms with Crippen LogP contribution in [0.15, 0.2) is 24.3 Å². The van der Waals surface area contributed by atoms with Crippen LogP contribution in [0.1, 0.15) is 40.5 Å². The van der Waals surface area contributed by atoms with Crippen LogP contribution in [0.4, 0.5) is 0 Å². The number of cyclic esters (lactones) is 2. The maximum absolute atomic E-state index is 10.0. The fourth-order valence-corrected chi connectivity index (χ4v) is 0.433. The SMILES string of the molecule is C=C(C)C.C=C(C)C.O=C1CCC(=O)O1. The summed E-state index contributed by atoms with van der Waals surface area (Å²) in [5.74, 6) is -0.796. The van der Waals surface area contributed by atoms with Gasteiger partial charge in [-0.05, 0) is 27.7 Å². The van der Waals surface area contributed by atoms with Crippen molar-refractivity contribution in [3.8, 4) is 0 Å². The van der Waals surface area contributed by atoms with Crippen LogP contribution >= 0.6 is 0 Å². The molecule has 0 aliphatic carbocycles. The Morgan fingerprint density at radius 2 is 1.13 bits per heavy atom. The summed E-state index contributed by atoms with van der Waals surface area (Å²) < 4.78 is 4.08. The second-order valence-corrected chi connectivity index (χ2v) is 3.76. The first-order chi connectivity index (χ1) is 6.75. The molecular weight excluding hydrogens is 192 g/mol. The molecule has 0 radical (unpaired) electrons. The first-order valence-corrected chi connectivity index (χ1v) is 4.73. The van der Waals surface area contributed by atoms with Gasteiger partial charge in [-0.3, -0.25) is 9.59 Å². The van der Waals surface area contributed by atoms with Crippen LogP contribution in [-0.2, 0) is 14.3 Å². The van der Waals surface area contributed by atoms with Crippen molar-refractivity contribution < 1.29 is 14.3 Å². The van der Waals surface area contributed by atoms with Gasteiger partial charge in [-0.1, -0.05) is 11.1 Å². The lowest BCUT2D eigenvalue weighted by Crippen LogP contribution is -1.94. The van der Waals surface area contributed by atoms with Crippen molar-refractivity contribution in [3.05, 3.63) is 24.3 Å². The number of rotatable bonds is 0. The highest BCUT2D eigenvalue weighted by Gasteiger charge is 2.19. The predicted molar refractivity (Wildman–Crippen MR) is 61.3 cm³/mol. The monoisotopic (exact) mass is 212 g/mol. The Morgan fingerprint density at radius 1 is 0.933 bits per heavy atom. The average Bonchev–Trinajstić information content (AvgIpc) is 2.31. The molecule has 0 aromatic heterocycles. The molecule has 0 bridgehead atoms. The second-order valence-electron chi connectivity index (χ2n) is 3.76. The molecule has 0 saturated carbocycles. The van der Waals surface area contributed by atoms with E-state index in [-0.39, 0.29) is 12.8 Å². The average molecular weight is 212 g/mol. The summed E-state index contributed by atoms with van der Waals surface area (Å²) in [6.45, 7) is 15.0. The third kappa shape index (κ3) is 24.5. The smallest absolute Gasteiger partial charge is 0.314 e. The van der Waals surface area contributed by atoms with Crippen LogP contribution in [-0.4, -0.2) is 11.9 Å². The highest BCUT2D eigenvalue weighted by atomic mass is 16.6. The molecule has 1 aliphatic heterocycles. The summed E-state index contributed by atoms with van der Waals surface area (Å²) in [7, 11) is 0. The maximum Gasteiger partial charge on any atom is 0.314 e. The number of carbonyl (C=O) groups is 2. The Bertz CT molecular complexity index is 218. The summed E-state index contributed by atoms with van der Waals surface area (Å²) >= 11 is 0. The highest BCUT2D eigenvalue weighted by Crippen LogP contribution is 2.03. The number of ether oxygens (including phenoxy) is 1. The molecule has 0 unspecified atom stereocenters. The van der Waals surface area contributed by atoms with E-state index in [0.717, 1.165) is 0 Å². The Kier molecular flexibility index (Phi) is 9.84. The van der Waals surface area contributed by atoms with Gasteiger partial charge < -0.3 is 4.74 Å². The van der Waals surface area contributed by atoms with Gasteiger partial charge in [-0.15, -0.1) is 13.2 Å². The standard InChI is InChI=1S/C4H4O3.2C4H8/c5-3-1-2-4(6)7-3;2*1-4(2)3/h1-2H2;2*1H2,2-3H3. The summed E-state index contributed by atoms with van der Waals surface area (Å²) in [4.78, 5) is 20.0. The summed E-state index contributed by atoms with van der Waals surface area (Å²) in [5.41, 5.74) is 2.33. The number of allylic oxidation sites excluding steroid dienone is 2. The van der Waals surface area contributed by atoms with Crippen molar-refractivity contribution in [2.24, 2.45) is 0 Å². The van der Waals surface area contributed by atoms with Crippen LogP contribution in [0.3, 0.4) is 0 Å². The largest absolute Gasteiger partial charge is 0.393 e. The van der Waals surface area contributed by atoms with Gasteiger partial charge in [0.1, 0.15) is 0 Å². The molecule has 0 atom stereocenters. The van der Waals surface area contributed by atoms with Crippen LogP contribution in [0.5, 0.6) is 0 Å². The minimum absolute atomic E-state index is 0.263. The number of esters is 2. The first kappa shape index (κ1) is 16.1. The molecule has 15 heavy (non-hydrogen) atoms. The van der Waals surface area contributed by atoms with Gasteiger partial charge in [-0.2, -0.15) is 0 Å². The lowest BCUT2D eigenvalue weighted by Gasteiger charge is -1.79. The van der Waals surface area contributed by atoms with Crippen molar-refractivity contribution in [2.75, 3.05) is 0 Å². The van der Waals surface area contributed by atoms with E-state index < -0.39 is 11.9 Å². The number of carbonyl (C=O) groups excluding carboxylic acids is 2. The van der Waals surface area contributed by atoms with E-state index in [9.17, 15) is 9.59 Å². The van der Waals surface area contributed by atoms with Gasteiger partial charge in [0.05, 0.1) is 12.8 Å². The van der Waals surface area contributed by atoms with Crippen molar-refractivity contribution in [1.82, 2.24) is 0 Å². The minimum atomic E-state index is -0.398. The molecule has 1 heterocycles. The molecular formula is C12H20O3. The van der Waals surface area contributed by atoms with Gasteiger partial charge in [0.25, 0.3) is 0 Å². The van der Waals surface area contributed by atoms with Gasteiger partial charge in [0.2, 0.25) is 0 Å². The fourth-order valence-electron chi connectivity index (χ4n) is 0.433. The number of hydrogen-bond acceptors (Lipinski definition) is 3. The van der Waals surface area contributed by atoms with Crippen molar-refractivity contribution in [2.45, 2.75) is 40.5 Å². The normalized spacial score (nSPS) is 12.8. The molecule has 0 spiro atoms. The van der Waals surface area contributed by atoms with E-state index in [1.54, 1.807) is 0 Å². The Balaban J connectivity index is 0. The summed E-state index contributed by atoms with van der Waals surface area (Å²) in [6.07, 6.45) is 0.525. The Morgan fingerprint density at radius 3 is 1.20 bits per heavy atom. The second kappa shape index (κ2) is 9.19. The Hall–Kier alpha value is -1.38. The zero-order valence-electron chi connectivity index (χ0n) is 10.1. The zero-order valence-corrected chi connectivity index (χ0v) is 10.1. The molecule has 1 fully saturated rings. The topological polar surface area (TPSA) is 43.4 Å². The van der Waals surface area contributed by atoms with Crippen LogP contribution in [0.25, 0.3) is 0 Å². The summed E-state index contributed by atoms with van der Waals surface area (Å²) in [6, 6.07) is 0. The molecule has 0 N–H and O–H groups in total. The van der Waals surface area contributed by atoms with E-state index >= 15 is 0 Å². The van der Waals surface area contributed by atoms with Gasteiger partial charge in [0.15, 0.2) is 0 Å². The van der Waals surface area contributed by atoms with E-state index in [2.05, 4.69) is 17.9 Å². The molecule has 3 nitrogen and oxygen atoms in total. The quantitative estimate of drug-likeness (QED) is 0.352. The molecule has 1 saturated heterocycles. The zero-order chi connectivity index (χ0) is 12.4. The molecule has 0 amide bonds.